The van der Waals surface area contributed by atoms with E-state index in [4.69, 9.17) is 15.0 Å². The summed E-state index contributed by atoms with van der Waals surface area (Å²) in [5, 5.41) is 0. The zero-order valence-corrected chi connectivity index (χ0v) is 23.7. The number of nitrogens with zero attached hydrogens (tertiary/aromatic N) is 7. The lowest BCUT2D eigenvalue weighted by molar-refractivity contribution is 0.206. The summed E-state index contributed by atoms with van der Waals surface area (Å²) in [6.07, 6.45) is 9.48. The lowest BCUT2D eigenvalue weighted by atomic mass is 9.91. The van der Waals surface area contributed by atoms with E-state index in [2.05, 4.69) is 99.1 Å². The summed E-state index contributed by atoms with van der Waals surface area (Å²) >= 11 is 0. The Kier molecular flexibility index (Phi) is 7.21. The van der Waals surface area contributed by atoms with Crippen molar-refractivity contribution in [3.8, 4) is 11.1 Å². The molecule has 3 aromatic heterocycles. The number of imidazole rings is 1. The average molecular weight is 544 g/mol. The first kappa shape index (κ1) is 25.9. The fourth-order valence-electron chi connectivity index (χ4n) is 6.44. The van der Waals surface area contributed by atoms with Gasteiger partial charge in [-0.3, -0.25) is 19.2 Å². The Bertz CT molecular complexity index is 1600. The summed E-state index contributed by atoms with van der Waals surface area (Å²) in [4.78, 5) is 21.9. The quantitative estimate of drug-likeness (QED) is 0.266. The van der Waals surface area contributed by atoms with Crippen molar-refractivity contribution in [2.45, 2.75) is 38.4 Å². The van der Waals surface area contributed by atoms with Crippen molar-refractivity contribution < 1.29 is 0 Å². The monoisotopic (exact) mass is 543 g/mol. The van der Waals surface area contributed by atoms with Gasteiger partial charge in [-0.1, -0.05) is 60.7 Å². The van der Waals surface area contributed by atoms with Gasteiger partial charge in [-0.05, 0) is 60.7 Å². The fraction of sp³-hybridized carbons (Fsp3) is 0.324. The van der Waals surface area contributed by atoms with Gasteiger partial charge >= 0.3 is 0 Å². The SMILES string of the molecule is CN(Cc1cn2c(N3CCN(Cc4ccc(-c5ccccc5)cc4)CC3)nccc2n1)[C@H]1CCCc2cccnc21. The van der Waals surface area contributed by atoms with Crippen LogP contribution in [0.2, 0.25) is 0 Å². The summed E-state index contributed by atoms with van der Waals surface area (Å²) in [6, 6.07) is 26.2. The van der Waals surface area contributed by atoms with Crippen molar-refractivity contribution in [2.24, 2.45) is 0 Å². The average Bonchev–Trinajstić information content (AvgIpc) is 3.44. The summed E-state index contributed by atoms with van der Waals surface area (Å²) < 4.78 is 2.17. The van der Waals surface area contributed by atoms with Gasteiger partial charge < -0.3 is 4.90 Å². The fourth-order valence-corrected chi connectivity index (χ4v) is 6.44. The van der Waals surface area contributed by atoms with Crippen LogP contribution in [0.15, 0.2) is 91.4 Å². The van der Waals surface area contributed by atoms with Gasteiger partial charge in [0.2, 0.25) is 5.95 Å². The molecule has 0 radical (unpaired) electrons. The predicted molar refractivity (Wildman–Crippen MR) is 164 cm³/mol. The topological polar surface area (TPSA) is 52.8 Å². The van der Waals surface area contributed by atoms with Gasteiger partial charge in [-0.2, -0.15) is 0 Å². The zero-order valence-electron chi connectivity index (χ0n) is 23.7. The number of hydrogen-bond donors (Lipinski definition) is 0. The highest BCUT2D eigenvalue weighted by molar-refractivity contribution is 5.63. The third-order valence-corrected chi connectivity index (χ3v) is 8.64. The van der Waals surface area contributed by atoms with Crippen molar-refractivity contribution in [3.63, 3.8) is 0 Å². The van der Waals surface area contributed by atoms with Crippen LogP contribution in [0.3, 0.4) is 0 Å². The molecule has 1 atom stereocenters. The number of rotatable bonds is 7. The van der Waals surface area contributed by atoms with Gasteiger partial charge in [-0.15, -0.1) is 0 Å². The highest BCUT2D eigenvalue weighted by Gasteiger charge is 2.26. The second kappa shape index (κ2) is 11.4. The van der Waals surface area contributed by atoms with E-state index >= 15 is 0 Å². The molecular weight excluding hydrogens is 506 g/mol. The number of hydrogen-bond acceptors (Lipinski definition) is 6. The molecule has 1 aliphatic carbocycles. The number of aromatic nitrogens is 4. The molecule has 7 nitrogen and oxygen atoms in total. The molecule has 7 heteroatoms. The Hall–Kier alpha value is -4.07. The number of aryl methyl sites for hydroxylation is 1. The standard InChI is InChI=1S/C34H37N7/c1-38(31-11-5-9-29-10-6-17-35-33(29)31)24-30-25-41-32(37-30)16-18-36-34(41)40-21-19-39(20-22-40)23-26-12-14-28(15-13-26)27-7-3-2-4-8-27/h2-4,6-8,10,12-18,25,31H,5,9,11,19-24H2,1H3/t31-/m0/s1. The van der Waals surface area contributed by atoms with Crippen LogP contribution in [0.4, 0.5) is 5.95 Å². The lowest BCUT2D eigenvalue weighted by Crippen LogP contribution is -2.46. The van der Waals surface area contributed by atoms with Crippen molar-refractivity contribution in [3.05, 3.63) is 114 Å². The molecule has 208 valence electrons. The normalized spacial score (nSPS) is 17.7. The first-order valence-electron chi connectivity index (χ1n) is 14.8. The molecule has 7 rings (SSSR count). The molecule has 0 spiro atoms. The van der Waals surface area contributed by atoms with E-state index in [1.807, 2.05) is 18.5 Å². The highest BCUT2D eigenvalue weighted by atomic mass is 15.3. The number of piperazine rings is 1. The molecule has 2 aliphatic rings. The Morgan fingerprint density at radius 3 is 2.46 bits per heavy atom. The summed E-state index contributed by atoms with van der Waals surface area (Å²) in [7, 11) is 2.20. The molecule has 0 N–H and O–H groups in total. The molecule has 2 aromatic carbocycles. The minimum atomic E-state index is 0.338. The predicted octanol–water partition coefficient (Wildman–Crippen LogP) is 5.62. The number of fused-ring (bicyclic) bond motifs is 2. The Morgan fingerprint density at radius 1 is 0.829 bits per heavy atom. The van der Waals surface area contributed by atoms with E-state index in [1.54, 1.807) is 0 Å². The summed E-state index contributed by atoms with van der Waals surface area (Å²) in [5.74, 6) is 0.987. The van der Waals surface area contributed by atoms with E-state index in [0.717, 1.165) is 69.4 Å². The molecular formula is C34H37N7. The van der Waals surface area contributed by atoms with E-state index in [1.165, 1.54) is 34.4 Å². The van der Waals surface area contributed by atoms with Crippen LogP contribution in [-0.4, -0.2) is 62.4 Å². The molecule has 41 heavy (non-hydrogen) atoms. The molecule has 5 aromatic rings. The van der Waals surface area contributed by atoms with Crippen LogP contribution >= 0.6 is 0 Å². The number of anilines is 1. The van der Waals surface area contributed by atoms with Gasteiger partial charge in [-0.25, -0.2) is 9.97 Å². The number of pyridine rings is 1. The van der Waals surface area contributed by atoms with Crippen LogP contribution in [0.25, 0.3) is 16.8 Å². The second-order valence-corrected chi connectivity index (χ2v) is 11.4. The maximum absolute atomic E-state index is 4.98. The smallest absolute Gasteiger partial charge is 0.211 e. The molecule has 1 fully saturated rings. The first-order chi connectivity index (χ1) is 20.2. The second-order valence-electron chi connectivity index (χ2n) is 11.4. The molecule has 0 saturated carbocycles. The molecule has 1 aliphatic heterocycles. The zero-order chi connectivity index (χ0) is 27.6. The third-order valence-electron chi connectivity index (χ3n) is 8.64. The van der Waals surface area contributed by atoms with Gasteiger partial charge in [0.1, 0.15) is 5.65 Å². The van der Waals surface area contributed by atoms with Crippen molar-refractivity contribution >= 4 is 11.6 Å². The Balaban J connectivity index is 0.998. The minimum Gasteiger partial charge on any atom is -0.339 e. The van der Waals surface area contributed by atoms with Crippen LogP contribution in [0, 0.1) is 0 Å². The first-order valence-corrected chi connectivity index (χ1v) is 14.8. The molecule has 4 heterocycles. The Morgan fingerprint density at radius 2 is 1.63 bits per heavy atom. The number of benzene rings is 2. The summed E-state index contributed by atoms with van der Waals surface area (Å²) in [5.41, 5.74) is 8.55. The Labute approximate surface area is 242 Å². The van der Waals surface area contributed by atoms with E-state index < -0.39 is 0 Å². The van der Waals surface area contributed by atoms with Crippen LogP contribution in [0.1, 0.15) is 41.4 Å². The molecule has 0 bridgehead atoms. The van der Waals surface area contributed by atoms with Crippen molar-refractivity contribution in [1.29, 1.82) is 0 Å². The maximum atomic E-state index is 4.98. The lowest BCUT2D eigenvalue weighted by Gasteiger charge is -2.35. The van der Waals surface area contributed by atoms with Gasteiger partial charge in [0.15, 0.2) is 0 Å². The maximum Gasteiger partial charge on any atom is 0.211 e. The van der Waals surface area contributed by atoms with Crippen LogP contribution in [-0.2, 0) is 19.5 Å². The van der Waals surface area contributed by atoms with Crippen molar-refractivity contribution in [1.82, 2.24) is 29.2 Å². The van der Waals surface area contributed by atoms with Gasteiger partial charge in [0.25, 0.3) is 0 Å². The summed E-state index contributed by atoms with van der Waals surface area (Å²) in [6.45, 7) is 5.69. The van der Waals surface area contributed by atoms with E-state index in [0.29, 0.717) is 6.04 Å². The molecule has 0 amide bonds. The highest BCUT2D eigenvalue weighted by Crippen LogP contribution is 2.32. The van der Waals surface area contributed by atoms with Crippen molar-refractivity contribution in [2.75, 3.05) is 38.1 Å². The largest absolute Gasteiger partial charge is 0.339 e. The van der Waals surface area contributed by atoms with Crippen LogP contribution < -0.4 is 4.90 Å². The molecule has 1 saturated heterocycles. The molecule has 0 unspecified atom stereocenters. The van der Waals surface area contributed by atoms with E-state index in [-0.39, 0.29) is 0 Å². The van der Waals surface area contributed by atoms with Gasteiger partial charge in [0.05, 0.1) is 17.4 Å². The van der Waals surface area contributed by atoms with Crippen LogP contribution in [0.5, 0.6) is 0 Å². The third kappa shape index (κ3) is 5.47. The van der Waals surface area contributed by atoms with Gasteiger partial charge in [0, 0.05) is 57.9 Å². The minimum absolute atomic E-state index is 0.338. The van der Waals surface area contributed by atoms with E-state index in [9.17, 15) is 0 Å².